The van der Waals surface area contributed by atoms with E-state index in [1.165, 1.54) is 5.56 Å². The van der Waals surface area contributed by atoms with Crippen molar-refractivity contribution >= 4 is 35.2 Å². The van der Waals surface area contributed by atoms with Gasteiger partial charge in [0.15, 0.2) is 0 Å². The van der Waals surface area contributed by atoms with Crippen LogP contribution in [-0.2, 0) is 20.5 Å². The third kappa shape index (κ3) is 8.19. The molecule has 3 aromatic carbocycles. The minimum absolute atomic E-state index is 0.0395. The number of hydrogen-bond acceptors (Lipinski definition) is 13. The molecule has 0 radical (unpaired) electrons. The molecule has 1 saturated heterocycles. The monoisotopic (exact) mass is 933 g/mol. The van der Waals surface area contributed by atoms with E-state index in [9.17, 15) is 45.0 Å². The number of fused-ring (bicyclic) bond motifs is 6. The summed E-state index contributed by atoms with van der Waals surface area (Å²) in [6, 6.07) is 19.9. The maximum Gasteiger partial charge on any atom is 0.364 e. The van der Waals surface area contributed by atoms with Gasteiger partial charge in [0.1, 0.15) is 35.3 Å². The fraction of sp³-hybridized carbons (Fsp3) is 0.451. The molecule has 5 aliphatic rings. The third-order valence-electron chi connectivity index (χ3n) is 14.2. The first-order valence-corrected chi connectivity index (χ1v) is 23.3. The van der Waals surface area contributed by atoms with Gasteiger partial charge in [-0.05, 0) is 86.9 Å². The number of aliphatic imine (C=N–C) groups is 1. The lowest BCUT2D eigenvalue weighted by Crippen LogP contribution is -2.63. The van der Waals surface area contributed by atoms with Crippen LogP contribution in [0, 0.1) is 0 Å². The number of nitrogens with one attached hydrogen (secondary N) is 2. The van der Waals surface area contributed by atoms with Gasteiger partial charge in [-0.1, -0.05) is 62.4 Å². The summed E-state index contributed by atoms with van der Waals surface area (Å²) in [6.07, 6.45) is -1.73. The molecule has 3 amide bonds. The molecular weight excluding hydrogens is 873 g/mol. The molecule has 7 N–H and O–H groups in total. The Morgan fingerprint density at radius 3 is 2.40 bits per heavy atom. The van der Waals surface area contributed by atoms with E-state index in [1.807, 2.05) is 29.2 Å². The van der Waals surface area contributed by atoms with Gasteiger partial charge in [0.2, 0.25) is 0 Å². The summed E-state index contributed by atoms with van der Waals surface area (Å²) in [5.41, 5.74) is 7.27. The number of aliphatic hydroxyl groups excluding tert-OH is 3. The zero-order valence-electron chi connectivity index (χ0n) is 39.2. The summed E-state index contributed by atoms with van der Waals surface area (Å²) < 4.78 is 12.3. The van der Waals surface area contributed by atoms with Gasteiger partial charge in [-0.25, -0.2) is 9.59 Å². The van der Waals surface area contributed by atoms with Crippen LogP contribution in [-0.4, -0.2) is 130 Å². The van der Waals surface area contributed by atoms with Gasteiger partial charge >= 0.3 is 12.0 Å². The molecule has 0 aromatic heterocycles. The summed E-state index contributed by atoms with van der Waals surface area (Å²) >= 11 is 0. The Balaban J connectivity index is 1.10. The second-order valence-electron chi connectivity index (χ2n) is 18.6. The highest BCUT2D eigenvalue weighted by atomic mass is 16.7. The van der Waals surface area contributed by atoms with Gasteiger partial charge in [0.25, 0.3) is 11.7 Å². The van der Waals surface area contributed by atoms with Crippen molar-refractivity contribution in [1.29, 1.82) is 0 Å². The van der Waals surface area contributed by atoms with E-state index in [-0.39, 0.29) is 24.4 Å². The molecule has 1 aliphatic carbocycles. The topological polar surface area (TPSA) is 240 Å². The first-order chi connectivity index (χ1) is 32.4. The van der Waals surface area contributed by atoms with Crippen molar-refractivity contribution < 1.29 is 54.5 Å². The molecule has 17 nitrogen and oxygen atoms in total. The third-order valence-corrected chi connectivity index (χ3v) is 14.2. The van der Waals surface area contributed by atoms with E-state index in [0.717, 1.165) is 78.0 Å². The fourth-order valence-electron chi connectivity index (χ4n) is 10.9. The number of para-hydroxylation sites is 1. The second kappa shape index (κ2) is 18.7. The highest BCUT2D eigenvalue weighted by Gasteiger charge is 2.58. The van der Waals surface area contributed by atoms with Crippen molar-refractivity contribution in [2.45, 2.75) is 108 Å². The number of benzene rings is 3. The number of carboxylic acids is 1. The van der Waals surface area contributed by atoms with Crippen LogP contribution in [0.2, 0.25) is 0 Å². The summed E-state index contributed by atoms with van der Waals surface area (Å²) in [5, 5.41) is 69.8. The lowest BCUT2D eigenvalue weighted by atomic mass is 9.70. The largest absolute Gasteiger partial charge is 0.862 e. The van der Waals surface area contributed by atoms with Crippen molar-refractivity contribution in [1.82, 2.24) is 15.5 Å². The molecule has 3 aromatic rings. The average molecular weight is 934 g/mol. The number of nitrogens with zero attached hydrogens (tertiary/aromatic N) is 4. The first kappa shape index (κ1) is 48.2. The standard InChI is InChI=1S/C51H62N6O11/c1-7-56(8-2)31-21-22-35-40(26-31)67-44-30(20-23-41-49(4,5)34-17-11-12-19-37(34)55(41)6)14-13-18-36(44)51(35)33-16-10-9-15-32(33)46(62)57(51)25-24-52-48(65)53-28-39(60)43(61)45-42(54-29(3)58)38(59)27-50(66,68-45)47(63)64/h9-12,15-17,19-23,26,38-39,42-43,45,59-61,66H,7-8,13-14,18,24-25,27-28H2,1-6H3,(H,54,58)(H,63,64)(H2,52,53,65)/p-1/b30-20+,41-23-/t38-,39+,42+,43+,45+,50+,51?/m0/s1. The van der Waals surface area contributed by atoms with Gasteiger partial charge in [-0.2, -0.15) is 0 Å². The normalized spacial score (nSPS) is 27.1. The lowest BCUT2D eigenvalue weighted by molar-refractivity contribution is -0.292. The minimum Gasteiger partial charge on any atom is -0.862 e. The van der Waals surface area contributed by atoms with Gasteiger partial charge < -0.3 is 65.4 Å². The number of anilines is 2. The van der Waals surface area contributed by atoms with E-state index in [1.54, 1.807) is 0 Å². The second-order valence-corrected chi connectivity index (χ2v) is 18.6. The highest BCUT2D eigenvalue weighted by Crippen LogP contribution is 2.59. The zero-order chi connectivity index (χ0) is 48.9. The van der Waals surface area contributed by atoms with E-state index >= 15 is 0 Å². The van der Waals surface area contributed by atoms with Gasteiger partial charge in [-0.3, -0.25) is 9.79 Å². The van der Waals surface area contributed by atoms with Crippen molar-refractivity contribution in [3.63, 3.8) is 0 Å². The van der Waals surface area contributed by atoms with Crippen LogP contribution in [0.4, 0.5) is 16.2 Å². The molecule has 1 fully saturated rings. The molecule has 0 bridgehead atoms. The minimum atomic E-state index is -2.94. The van der Waals surface area contributed by atoms with E-state index in [2.05, 4.69) is 115 Å². The molecular formula is C51H61N6O11-. The Hall–Kier alpha value is -6.24. The number of allylic oxidation sites excluding steroid dienone is 4. The number of rotatable bonds is 13. The molecule has 68 heavy (non-hydrogen) atoms. The van der Waals surface area contributed by atoms with Crippen LogP contribution in [0.25, 0.3) is 0 Å². The molecule has 8 rings (SSSR count). The zero-order valence-corrected chi connectivity index (χ0v) is 39.2. The molecule has 7 atom stereocenters. The van der Waals surface area contributed by atoms with Crippen LogP contribution < -0.4 is 30.3 Å². The van der Waals surface area contributed by atoms with Crippen molar-refractivity contribution in [2.24, 2.45) is 4.99 Å². The predicted octanol–water partition coefficient (Wildman–Crippen LogP) is 3.39. The van der Waals surface area contributed by atoms with Gasteiger partial charge in [0, 0.05) is 91.4 Å². The number of carboxylic acid groups (broad SMARTS) is 1. The number of urea groups is 1. The number of hydrogen-bond donors (Lipinski definition) is 7. The molecule has 0 saturated carbocycles. The average Bonchev–Trinajstić information content (AvgIpc) is 3.67. The SMILES string of the molecule is CCN(CC)c1ccc2c(c1)OC1=C(CCC/C1=C\C=C1/N(C)c3ccccc3C1(C)C)C21c2ccccc2C(=O)N1CCNC(=O)NC[C@@H](O)[C@@H](O)[C@@H]1O[C@@](O)(C(=O)O)C[C@H](O)[C@H]1N=C(C)[O-]. The quantitative estimate of drug-likeness (QED) is 0.0963. The number of ether oxygens (including phenoxy) is 2. The maximum absolute atomic E-state index is 14.9. The number of carbonyl (C=O) groups excluding carboxylic acids is 2. The Bertz CT molecular complexity index is 2600. The highest BCUT2D eigenvalue weighted by molar-refractivity contribution is 6.02. The number of aliphatic hydroxyl groups is 4. The van der Waals surface area contributed by atoms with Crippen LogP contribution in [0.15, 0.2) is 106 Å². The smallest absolute Gasteiger partial charge is 0.364 e. The van der Waals surface area contributed by atoms with Crippen molar-refractivity contribution in [2.75, 3.05) is 49.6 Å². The molecule has 1 spiro atoms. The van der Waals surface area contributed by atoms with Crippen LogP contribution in [0.1, 0.15) is 87.4 Å². The maximum atomic E-state index is 14.9. The molecule has 4 heterocycles. The molecule has 1 unspecified atom stereocenters. The van der Waals surface area contributed by atoms with Gasteiger partial charge in [-0.15, -0.1) is 0 Å². The Labute approximate surface area is 395 Å². The Morgan fingerprint density at radius 2 is 1.71 bits per heavy atom. The lowest BCUT2D eigenvalue weighted by Gasteiger charge is -2.47. The summed E-state index contributed by atoms with van der Waals surface area (Å²) in [6.45, 7) is 10.7. The van der Waals surface area contributed by atoms with Crippen LogP contribution in [0.3, 0.4) is 0 Å². The van der Waals surface area contributed by atoms with E-state index in [4.69, 9.17) is 9.47 Å². The van der Waals surface area contributed by atoms with Crippen LogP contribution >= 0.6 is 0 Å². The number of amides is 3. The molecule has 17 heteroatoms. The van der Waals surface area contributed by atoms with Crippen molar-refractivity contribution in [3.8, 4) is 5.75 Å². The number of aliphatic carboxylic acids is 1. The summed E-state index contributed by atoms with van der Waals surface area (Å²) in [5.74, 6) is -4.45. The molecule has 362 valence electrons. The predicted molar refractivity (Wildman–Crippen MR) is 252 cm³/mol. The summed E-state index contributed by atoms with van der Waals surface area (Å²) in [4.78, 5) is 50.0. The first-order valence-electron chi connectivity index (χ1n) is 23.3. The van der Waals surface area contributed by atoms with E-state index < -0.39 is 72.6 Å². The fourth-order valence-corrected chi connectivity index (χ4v) is 10.9. The Morgan fingerprint density at radius 1 is 1.00 bits per heavy atom. The van der Waals surface area contributed by atoms with Gasteiger partial charge in [0.05, 0.1) is 12.2 Å². The van der Waals surface area contributed by atoms with Crippen LogP contribution in [0.5, 0.6) is 5.75 Å². The number of likely N-dealkylation sites (N-methyl/N-ethyl adjacent to an activating group) is 1. The summed E-state index contributed by atoms with van der Waals surface area (Å²) in [7, 11) is 2.09. The van der Waals surface area contributed by atoms with Crippen molar-refractivity contribution in [3.05, 3.63) is 124 Å². The molecule has 4 aliphatic heterocycles. The Kier molecular flexibility index (Phi) is 13.3. The van der Waals surface area contributed by atoms with E-state index in [0.29, 0.717) is 17.7 Å². The number of carbonyl (C=O) groups is 3.